The van der Waals surface area contributed by atoms with Gasteiger partial charge in [0.15, 0.2) is 5.78 Å². The molecule has 5 nitrogen and oxygen atoms in total. The van der Waals surface area contributed by atoms with Gasteiger partial charge in [0.05, 0.1) is 16.1 Å². The SMILES string of the molecule is CNC(=O)c1c(NC(C)C(C)C)sc(C(=O)C(C)C)c1N. The number of hydrogen-bond donors (Lipinski definition) is 3. The van der Waals surface area contributed by atoms with Gasteiger partial charge in [-0.1, -0.05) is 27.7 Å². The highest BCUT2D eigenvalue weighted by atomic mass is 32.1. The molecule has 1 unspecified atom stereocenters. The molecule has 6 heteroatoms. The van der Waals surface area contributed by atoms with E-state index in [4.69, 9.17) is 5.73 Å². The maximum atomic E-state index is 12.2. The molecule has 21 heavy (non-hydrogen) atoms. The molecular weight excluding hydrogens is 286 g/mol. The maximum Gasteiger partial charge on any atom is 0.256 e. The predicted molar refractivity (Wildman–Crippen MR) is 89.2 cm³/mol. The smallest absolute Gasteiger partial charge is 0.256 e. The Hall–Kier alpha value is -1.56. The summed E-state index contributed by atoms with van der Waals surface area (Å²) in [5.41, 5.74) is 6.71. The van der Waals surface area contributed by atoms with Gasteiger partial charge in [-0.2, -0.15) is 0 Å². The van der Waals surface area contributed by atoms with Crippen molar-refractivity contribution in [2.45, 2.75) is 40.7 Å². The van der Waals surface area contributed by atoms with Crippen LogP contribution in [-0.4, -0.2) is 24.8 Å². The molecule has 0 fully saturated rings. The summed E-state index contributed by atoms with van der Waals surface area (Å²) in [6.07, 6.45) is 0. The lowest BCUT2D eigenvalue weighted by Crippen LogP contribution is -2.24. The van der Waals surface area contributed by atoms with Gasteiger partial charge in [-0.15, -0.1) is 11.3 Å². The standard InChI is InChI=1S/C15H25N3O2S/c1-7(2)9(5)18-15-10(14(20)17-6)11(16)13(21-15)12(19)8(3)4/h7-9,18H,16H2,1-6H3,(H,17,20). The molecular formula is C15H25N3O2S. The highest BCUT2D eigenvalue weighted by molar-refractivity contribution is 7.19. The van der Waals surface area contributed by atoms with Crippen LogP contribution in [0.4, 0.5) is 10.7 Å². The molecule has 1 atom stereocenters. The van der Waals surface area contributed by atoms with Crippen molar-refractivity contribution in [1.82, 2.24) is 5.32 Å². The summed E-state index contributed by atoms with van der Waals surface area (Å²) in [5.74, 6) is -0.0631. The molecule has 0 spiro atoms. The van der Waals surface area contributed by atoms with E-state index in [1.54, 1.807) is 7.05 Å². The van der Waals surface area contributed by atoms with Crippen LogP contribution in [-0.2, 0) is 0 Å². The number of amides is 1. The summed E-state index contributed by atoms with van der Waals surface area (Å²) >= 11 is 1.27. The quantitative estimate of drug-likeness (QED) is 0.705. The Morgan fingerprint density at radius 3 is 2.14 bits per heavy atom. The average molecular weight is 311 g/mol. The zero-order chi connectivity index (χ0) is 16.3. The minimum Gasteiger partial charge on any atom is -0.397 e. The fourth-order valence-electron chi connectivity index (χ4n) is 1.71. The van der Waals surface area contributed by atoms with E-state index >= 15 is 0 Å². The Bertz CT molecular complexity index is 535. The Balaban J connectivity index is 3.31. The van der Waals surface area contributed by atoms with Crippen molar-refractivity contribution in [1.29, 1.82) is 0 Å². The van der Waals surface area contributed by atoms with Crippen LogP contribution in [0.3, 0.4) is 0 Å². The molecule has 1 heterocycles. The van der Waals surface area contributed by atoms with Gasteiger partial charge >= 0.3 is 0 Å². The highest BCUT2D eigenvalue weighted by Gasteiger charge is 2.27. The Kier molecular flexibility index (Phi) is 5.78. The topological polar surface area (TPSA) is 84.2 Å². The Morgan fingerprint density at radius 1 is 1.14 bits per heavy atom. The van der Waals surface area contributed by atoms with Crippen LogP contribution in [0.1, 0.15) is 54.6 Å². The van der Waals surface area contributed by atoms with Gasteiger partial charge < -0.3 is 16.4 Å². The third-order valence-electron chi connectivity index (χ3n) is 3.51. The molecule has 1 aromatic rings. The number of carbonyl (C=O) groups excluding carboxylic acids is 2. The first-order chi connectivity index (χ1) is 9.70. The average Bonchev–Trinajstić information content (AvgIpc) is 2.73. The summed E-state index contributed by atoms with van der Waals surface area (Å²) in [4.78, 5) is 24.8. The minimum absolute atomic E-state index is 0.0343. The fraction of sp³-hybridized carbons (Fsp3) is 0.600. The fourth-order valence-corrected chi connectivity index (χ4v) is 3.02. The first-order valence-corrected chi connectivity index (χ1v) is 7.97. The van der Waals surface area contributed by atoms with E-state index < -0.39 is 0 Å². The lowest BCUT2D eigenvalue weighted by Gasteiger charge is -2.18. The Morgan fingerprint density at radius 2 is 1.71 bits per heavy atom. The van der Waals surface area contributed by atoms with E-state index in [1.165, 1.54) is 11.3 Å². The normalized spacial score (nSPS) is 12.6. The lowest BCUT2D eigenvalue weighted by molar-refractivity contribution is 0.0944. The number of carbonyl (C=O) groups is 2. The second-order valence-electron chi connectivity index (χ2n) is 5.82. The van der Waals surface area contributed by atoms with Gasteiger partial charge in [0.25, 0.3) is 5.91 Å². The molecule has 0 aliphatic rings. The number of ketones is 1. The van der Waals surface area contributed by atoms with Gasteiger partial charge in [0, 0.05) is 19.0 Å². The van der Waals surface area contributed by atoms with Crippen LogP contribution in [0.25, 0.3) is 0 Å². The number of Topliss-reactive ketones (excluding diaryl/α,β-unsaturated/α-hetero) is 1. The van der Waals surface area contributed by atoms with Gasteiger partial charge in [-0.3, -0.25) is 9.59 Å². The van der Waals surface area contributed by atoms with Gasteiger partial charge in [-0.05, 0) is 12.8 Å². The second kappa shape index (κ2) is 6.93. The van der Waals surface area contributed by atoms with Crippen LogP contribution in [0.2, 0.25) is 0 Å². The maximum absolute atomic E-state index is 12.2. The van der Waals surface area contributed by atoms with Crippen molar-refractivity contribution >= 4 is 33.7 Å². The van der Waals surface area contributed by atoms with Crippen molar-refractivity contribution < 1.29 is 9.59 Å². The number of nitrogen functional groups attached to an aromatic ring is 1. The first kappa shape index (κ1) is 17.5. The molecule has 1 rings (SSSR count). The van der Waals surface area contributed by atoms with Crippen LogP contribution in [0.15, 0.2) is 0 Å². The molecule has 118 valence electrons. The van der Waals surface area contributed by atoms with Gasteiger partial charge in [-0.25, -0.2) is 0 Å². The number of nitrogens with two attached hydrogens (primary N) is 1. The summed E-state index contributed by atoms with van der Waals surface area (Å²) in [6, 6.07) is 0.174. The third kappa shape index (κ3) is 3.75. The largest absolute Gasteiger partial charge is 0.397 e. The minimum atomic E-state index is -0.273. The molecule has 0 aliphatic carbocycles. The highest BCUT2D eigenvalue weighted by Crippen LogP contribution is 2.37. The van der Waals surface area contributed by atoms with Gasteiger partial charge in [0.1, 0.15) is 5.00 Å². The van der Waals surface area contributed by atoms with Crippen molar-refractivity contribution in [3.05, 3.63) is 10.4 Å². The molecule has 0 saturated carbocycles. The molecule has 4 N–H and O–H groups in total. The van der Waals surface area contributed by atoms with Crippen molar-refractivity contribution in [2.75, 3.05) is 18.1 Å². The van der Waals surface area contributed by atoms with Crippen LogP contribution < -0.4 is 16.4 Å². The molecule has 0 bridgehead atoms. The third-order valence-corrected chi connectivity index (χ3v) is 4.66. The van der Waals surface area contributed by atoms with E-state index in [2.05, 4.69) is 24.5 Å². The summed E-state index contributed by atoms with van der Waals surface area (Å²) < 4.78 is 0. The molecule has 0 aliphatic heterocycles. The molecule has 1 aromatic heterocycles. The molecule has 0 aromatic carbocycles. The number of nitrogens with one attached hydrogen (secondary N) is 2. The summed E-state index contributed by atoms with van der Waals surface area (Å²) in [7, 11) is 1.55. The van der Waals surface area contributed by atoms with E-state index in [9.17, 15) is 9.59 Å². The summed E-state index contributed by atoms with van der Waals surface area (Å²) in [5, 5.41) is 6.55. The number of thiophene rings is 1. The molecule has 1 amide bonds. The molecule has 0 saturated heterocycles. The van der Waals surface area contributed by atoms with Crippen LogP contribution in [0, 0.1) is 11.8 Å². The van der Waals surface area contributed by atoms with Crippen molar-refractivity contribution in [3.63, 3.8) is 0 Å². The Labute approximate surface area is 130 Å². The van der Waals surface area contributed by atoms with Gasteiger partial charge in [0.2, 0.25) is 0 Å². The number of rotatable bonds is 6. The van der Waals surface area contributed by atoms with E-state index in [0.29, 0.717) is 21.4 Å². The van der Waals surface area contributed by atoms with E-state index in [0.717, 1.165) is 0 Å². The zero-order valence-corrected chi connectivity index (χ0v) is 14.4. The van der Waals surface area contributed by atoms with Crippen molar-refractivity contribution in [2.24, 2.45) is 11.8 Å². The first-order valence-electron chi connectivity index (χ1n) is 7.15. The zero-order valence-electron chi connectivity index (χ0n) is 13.5. The molecule has 0 radical (unpaired) electrons. The van der Waals surface area contributed by atoms with E-state index in [1.807, 2.05) is 20.8 Å². The number of anilines is 2. The van der Waals surface area contributed by atoms with Crippen molar-refractivity contribution in [3.8, 4) is 0 Å². The lowest BCUT2D eigenvalue weighted by atomic mass is 10.0. The monoisotopic (exact) mass is 311 g/mol. The number of hydrogen-bond acceptors (Lipinski definition) is 5. The van der Waals surface area contributed by atoms with Crippen LogP contribution in [0.5, 0.6) is 0 Å². The summed E-state index contributed by atoms with van der Waals surface area (Å²) in [6.45, 7) is 9.87. The predicted octanol–water partition coefficient (Wildman–Crippen LogP) is 2.99. The second-order valence-corrected chi connectivity index (χ2v) is 6.84. The van der Waals surface area contributed by atoms with Crippen LogP contribution >= 0.6 is 11.3 Å². The van der Waals surface area contributed by atoms with E-state index in [-0.39, 0.29) is 29.3 Å².